The number of nitrogens with one attached hydrogen (secondary N) is 1. The molecule has 0 fully saturated rings. The highest BCUT2D eigenvalue weighted by Gasteiger charge is 2.34. The molecule has 98 valence electrons. The van der Waals surface area contributed by atoms with Crippen molar-refractivity contribution >= 4 is 28.8 Å². The molecule has 1 aromatic rings. The van der Waals surface area contributed by atoms with Gasteiger partial charge >= 0.3 is 6.18 Å². The molecule has 0 aromatic heterocycles. The van der Waals surface area contributed by atoms with E-state index in [2.05, 4.69) is 17.5 Å². The van der Waals surface area contributed by atoms with E-state index in [9.17, 15) is 18.0 Å². The molecule has 0 unspecified atom stereocenters. The monoisotopic (exact) mass is 276 g/mol. The number of carbonyl (C=O) groups excluding carboxylic acids is 1. The van der Waals surface area contributed by atoms with Crippen molar-refractivity contribution in [2.75, 3.05) is 5.32 Å². The molecule has 0 bridgehead atoms. The quantitative estimate of drug-likeness (QED) is 0.835. The van der Waals surface area contributed by atoms with Crippen molar-refractivity contribution in [3.8, 4) is 0 Å². The van der Waals surface area contributed by atoms with E-state index in [-0.39, 0.29) is 28.6 Å². The summed E-state index contributed by atoms with van der Waals surface area (Å²) in [7, 11) is 0. The van der Waals surface area contributed by atoms with Crippen molar-refractivity contribution in [3.63, 3.8) is 0 Å². The fourth-order valence-electron chi connectivity index (χ4n) is 1.32. The lowest BCUT2D eigenvalue weighted by Crippen LogP contribution is -2.19. The van der Waals surface area contributed by atoms with Crippen LogP contribution in [0, 0.1) is 0 Å². The summed E-state index contributed by atoms with van der Waals surface area (Å²) in [6.07, 6.45) is -4.40. The van der Waals surface area contributed by atoms with Crippen LogP contribution in [0.2, 0.25) is 0 Å². The van der Waals surface area contributed by atoms with E-state index in [4.69, 9.17) is 5.73 Å². The number of hydrogen-bond donors (Lipinski definition) is 2. The average Bonchev–Trinajstić information content (AvgIpc) is 2.27. The summed E-state index contributed by atoms with van der Waals surface area (Å²) in [6, 6.07) is 3.30. The molecule has 3 N–H and O–H groups in total. The molecule has 0 spiro atoms. The number of amides is 1. The smallest absolute Gasteiger partial charge is 0.389 e. The van der Waals surface area contributed by atoms with Crippen molar-refractivity contribution in [2.45, 2.75) is 19.5 Å². The van der Waals surface area contributed by atoms with Crippen molar-refractivity contribution in [1.82, 2.24) is 0 Å². The Morgan fingerprint density at radius 1 is 1.44 bits per heavy atom. The van der Waals surface area contributed by atoms with Crippen LogP contribution in [0.3, 0.4) is 0 Å². The van der Waals surface area contributed by atoms with Gasteiger partial charge in [-0.15, -0.1) is 0 Å². The maximum atomic E-state index is 12.8. The first-order valence-corrected chi connectivity index (χ1v) is 5.47. The predicted molar refractivity (Wildman–Crippen MR) is 66.3 cm³/mol. The van der Waals surface area contributed by atoms with E-state index in [0.29, 0.717) is 0 Å². The standard InChI is InChI=1S/C11H11F3N2OS/c1-2-9(17)16-6-3-4-7(10(15)18)8(5-6)11(12,13)14/h3-5H,2H2,1H3,(H2,15,18)(H,16,17). The molecule has 0 radical (unpaired) electrons. The number of halogens is 3. The summed E-state index contributed by atoms with van der Waals surface area (Å²) in [6.45, 7) is 1.60. The normalized spacial score (nSPS) is 11.1. The van der Waals surface area contributed by atoms with Gasteiger partial charge < -0.3 is 11.1 Å². The van der Waals surface area contributed by atoms with Crippen LogP contribution in [0.5, 0.6) is 0 Å². The zero-order chi connectivity index (χ0) is 13.9. The number of nitrogens with two attached hydrogens (primary N) is 1. The van der Waals surface area contributed by atoms with Crippen molar-refractivity contribution < 1.29 is 18.0 Å². The molecule has 3 nitrogen and oxygen atoms in total. The van der Waals surface area contributed by atoms with Gasteiger partial charge in [0.1, 0.15) is 4.99 Å². The summed E-state index contributed by atoms with van der Waals surface area (Å²) in [5.41, 5.74) is 4.08. The Hall–Kier alpha value is -1.63. The van der Waals surface area contributed by atoms with Crippen molar-refractivity contribution in [2.24, 2.45) is 5.73 Å². The highest BCUT2D eigenvalue weighted by atomic mass is 32.1. The zero-order valence-corrected chi connectivity index (χ0v) is 10.3. The Morgan fingerprint density at radius 2 is 2.06 bits per heavy atom. The lowest BCUT2D eigenvalue weighted by Gasteiger charge is -2.14. The summed E-state index contributed by atoms with van der Waals surface area (Å²) in [5, 5.41) is 2.35. The Bertz CT molecular complexity index is 486. The van der Waals surface area contributed by atoms with E-state index in [1.807, 2.05) is 0 Å². The lowest BCUT2D eigenvalue weighted by atomic mass is 10.1. The van der Waals surface area contributed by atoms with Crippen LogP contribution < -0.4 is 11.1 Å². The molecule has 1 aromatic carbocycles. The summed E-state index contributed by atoms with van der Waals surface area (Å²) < 4.78 is 38.3. The van der Waals surface area contributed by atoms with Crippen LogP contribution in [0.4, 0.5) is 18.9 Å². The van der Waals surface area contributed by atoms with Crippen LogP contribution in [-0.4, -0.2) is 10.9 Å². The van der Waals surface area contributed by atoms with Crippen LogP contribution in [-0.2, 0) is 11.0 Å². The lowest BCUT2D eigenvalue weighted by molar-refractivity contribution is -0.137. The Balaban J connectivity index is 3.22. The van der Waals surface area contributed by atoms with E-state index in [0.717, 1.165) is 12.1 Å². The van der Waals surface area contributed by atoms with Crippen molar-refractivity contribution in [1.29, 1.82) is 0 Å². The molecule has 1 rings (SSSR count). The van der Waals surface area contributed by atoms with Gasteiger partial charge in [-0.05, 0) is 18.2 Å². The third kappa shape index (κ3) is 3.43. The first-order chi connectivity index (χ1) is 8.25. The fourth-order valence-corrected chi connectivity index (χ4v) is 1.50. The Kier molecular flexibility index (Phi) is 4.28. The molecule has 0 aliphatic heterocycles. The molecular weight excluding hydrogens is 265 g/mol. The fraction of sp³-hybridized carbons (Fsp3) is 0.273. The minimum atomic E-state index is -4.58. The number of carbonyl (C=O) groups is 1. The van der Waals surface area contributed by atoms with Crippen LogP contribution in [0.25, 0.3) is 0 Å². The molecular formula is C11H11F3N2OS. The van der Waals surface area contributed by atoms with Gasteiger partial charge in [0, 0.05) is 17.7 Å². The Morgan fingerprint density at radius 3 is 2.50 bits per heavy atom. The third-order valence-corrected chi connectivity index (χ3v) is 2.42. The molecule has 0 saturated heterocycles. The molecule has 18 heavy (non-hydrogen) atoms. The molecule has 0 heterocycles. The molecule has 0 saturated carbocycles. The van der Waals surface area contributed by atoms with Crippen LogP contribution in [0.1, 0.15) is 24.5 Å². The second kappa shape index (κ2) is 5.34. The summed E-state index contributed by atoms with van der Waals surface area (Å²) >= 11 is 4.56. The van der Waals surface area contributed by atoms with Gasteiger partial charge in [0.2, 0.25) is 5.91 Å². The van der Waals surface area contributed by atoms with Gasteiger partial charge in [-0.25, -0.2) is 0 Å². The van der Waals surface area contributed by atoms with Crippen molar-refractivity contribution in [3.05, 3.63) is 29.3 Å². The van der Waals surface area contributed by atoms with Gasteiger partial charge in [-0.3, -0.25) is 4.79 Å². The zero-order valence-electron chi connectivity index (χ0n) is 9.47. The molecule has 7 heteroatoms. The minimum absolute atomic E-state index is 0.0641. The maximum absolute atomic E-state index is 12.8. The number of hydrogen-bond acceptors (Lipinski definition) is 2. The van der Waals surface area contributed by atoms with Gasteiger partial charge in [0.05, 0.1) is 5.56 Å². The first kappa shape index (κ1) is 14.4. The number of benzene rings is 1. The molecule has 0 aliphatic carbocycles. The van der Waals surface area contributed by atoms with Crippen LogP contribution in [0.15, 0.2) is 18.2 Å². The minimum Gasteiger partial charge on any atom is -0.389 e. The van der Waals surface area contributed by atoms with Gasteiger partial charge in [0.15, 0.2) is 0 Å². The second-order valence-corrected chi connectivity index (χ2v) is 3.96. The van der Waals surface area contributed by atoms with Gasteiger partial charge in [-0.1, -0.05) is 19.1 Å². The number of anilines is 1. The third-order valence-electron chi connectivity index (χ3n) is 2.20. The average molecular weight is 276 g/mol. The van der Waals surface area contributed by atoms with Gasteiger partial charge in [0.25, 0.3) is 0 Å². The maximum Gasteiger partial charge on any atom is 0.417 e. The molecule has 0 aliphatic rings. The molecule has 0 atom stereocenters. The summed E-state index contributed by atoms with van der Waals surface area (Å²) in [5.74, 6) is -0.369. The van der Waals surface area contributed by atoms with E-state index < -0.39 is 11.7 Å². The highest BCUT2D eigenvalue weighted by Crippen LogP contribution is 2.33. The van der Waals surface area contributed by atoms with Crippen LogP contribution >= 0.6 is 12.2 Å². The summed E-state index contributed by atoms with van der Waals surface area (Å²) in [4.78, 5) is 10.8. The van der Waals surface area contributed by atoms with E-state index in [1.165, 1.54) is 6.07 Å². The predicted octanol–water partition coefficient (Wildman–Crippen LogP) is 2.69. The highest BCUT2D eigenvalue weighted by molar-refractivity contribution is 7.80. The first-order valence-electron chi connectivity index (χ1n) is 5.06. The second-order valence-electron chi connectivity index (χ2n) is 3.52. The Labute approximate surface area is 107 Å². The van der Waals surface area contributed by atoms with Gasteiger partial charge in [-0.2, -0.15) is 13.2 Å². The number of rotatable bonds is 3. The molecule has 1 amide bonds. The van der Waals surface area contributed by atoms with E-state index in [1.54, 1.807) is 6.92 Å². The topological polar surface area (TPSA) is 55.1 Å². The number of alkyl halides is 3. The number of thiocarbonyl (C=S) groups is 1. The SMILES string of the molecule is CCC(=O)Nc1ccc(C(N)=S)c(C(F)(F)F)c1. The van der Waals surface area contributed by atoms with E-state index >= 15 is 0 Å². The largest absolute Gasteiger partial charge is 0.417 e.